The maximum Gasteiger partial charge on any atom is 0.432 e. The van der Waals surface area contributed by atoms with Gasteiger partial charge in [-0.05, 0) is 29.7 Å². The van der Waals surface area contributed by atoms with Gasteiger partial charge < -0.3 is 9.47 Å². The van der Waals surface area contributed by atoms with Gasteiger partial charge in [0.05, 0.1) is 0 Å². The average molecular weight is 416 g/mol. The van der Waals surface area contributed by atoms with E-state index in [1.54, 1.807) is 0 Å². The molecule has 0 saturated heterocycles. The van der Waals surface area contributed by atoms with E-state index in [0.717, 1.165) is 18.2 Å². The largest absolute Gasteiger partial charge is 0.489 e. The molecule has 9 heteroatoms. The highest BCUT2D eigenvalue weighted by Gasteiger charge is 2.41. The first kappa shape index (κ1) is 20.5. The topological polar surface area (TPSA) is 18.5 Å². The number of fused-ring (bicyclic) bond motifs is 1. The van der Waals surface area contributed by atoms with Crippen molar-refractivity contribution >= 4 is 10.8 Å². The number of ether oxygens (including phenoxy) is 2. The Kier molecular flexibility index (Phi) is 5.41. The molecule has 3 aromatic rings. The van der Waals surface area contributed by atoms with Gasteiger partial charge in [-0.3, -0.25) is 0 Å². The molecule has 152 valence electrons. The monoisotopic (exact) mass is 416 g/mol. The lowest BCUT2D eigenvalue weighted by Gasteiger charge is -2.20. The Labute approximate surface area is 159 Å². The molecule has 29 heavy (non-hydrogen) atoms. The van der Waals surface area contributed by atoms with Crippen molar-refractivity contribution in [1.82, 2.24) is 0 Å². The van der Waals surface area contributed by atoms with E-state index in [1.807, 2.05) is 0 Å². The molecule has 0 spiro atoms. The molecule has 0 heterocycles. The first-order valence-corrected chi connectivity index (χ1v) is 8.01. The Morgan fingerprint density at radius 2 is 1.48 bits per heavy atom. The van der Waals surface area contributed by atoms with Crippen LogP contribution in [0.3, 0.4) is 0 Å². The minimum Gasteiger partial charge on any atom is -0.489 e. The lowest BCUT2D eigenvalue weighted by atomic mass is 10.1. The van der Waals surface area contributed by atoms with Crippen molar-refractivity contribution in [2.24, 2.45) is 0 Å². The quantitative estimate of drug-likeness (QED) is 0.270. The van der Waals surface area contributed by atoms with Gasteiger partial charge in [-0.25, -0.2) is 22.0 Å². The molecule has 0 atom stereocenters. The zero-order valence-corrected chi connectivity index (χ0v) is 14.4. The van der Waals surface area contributed by atoms with Crippen LogP contribution < -0.4 is 9.47 Å². The summed E-state index contributed by atoms with van der Waals surface area (Å²) >= 11 is 0. The molecule has 0 aliphatic carbocycles. The summed E-state index contributed by atoms with van der Waals surface area (Å²) in [7, 11) is 0. The lowest BCUT2D eigenvalue weighted by molar-refractivity contribution is -0.189. The Bertz CT molecular complexity index is 1070. The molecule has 3 rings (SSSR count). The van der Waals surface area contributed by atoms with Gasteiger partial charge in [0.2, 0.25) is 0 Å². The van der Waals surface area contributed by atoms with Crippen LogP contribution in [0.25, 0.3) is 10.8 Å². The zero-order valence-electron chi connectivity index (χ0n) is 14.4. The maximum atomic E-state index is 14.4. The molecule has 0 bridgehead atoms. The van der Waals surface area contributed by atoms with E-state index >= 15 is 0 Å². The summed E-state index contributed by atoms with van der Waals surface area (Å²) < 4.78 is 107. The number of halogens is 7. The summed E-state index contributed by atoms with van der Waals surface area (Å²) in [6.45, 7) is 3.24. The highest BCUT2D eigenvalue weighted by atomic mass is 19.3. The fourth-order valence-electron chi connectivity index (χ4n) is 2.61. The van der Waals surface area contributed by atoms with Gasteiger partial charge in [-0.15, -0.1) is 0 Å². The van der Waals surface area contributed by atoms with Crippen LogP contribution in [0.15, 0.2) is 49.1 Å². The minimum absolute atomic E-state index is 0.101. The van der Waals surface area contributed by atoms with Gasteiger partial charge in [-0.2, -0.15) is 8.78 Å². The van der Waals surface area contributed by atoms with Crippen LogP contribution in [-0.4, -0.2) is 6.61 Å². The lowest BCUT2D eigenvalue weighted by Crippen LogP contribution is -2.25. The highest BCUT2D eigenvalue weighted by Crippen LogP contribution is 2.37. The molecule has 0 unspecified atom stereocenters. The number of rotatable bonds is 6. The van der Waals surface area contributed by atoms with Crippen molar-refractivity contribution in [3.05, 3.63) is 83.7 Å². The van der Waals surface area contributed by atoms with Crippen LogP contribution >= 0.6 is 0 Å². The predicted molar refractivity (Wildman–Crippen MR) is 90.4 cm³/mol. The average Bonchev–Trinajstić information content (AvgIpc) is 2.63. The van der Waals surface area contributed by atoms with Crippen molar-refractivity contribution < 1.29 is 40.2 Å². The maximum absolute atomic E-state index is 14.4. The Morgan fingerprint density at radius 3 is 2.10 bits per heavy atom. The molecular formula is C20H11F7O2. The summed E-state index contributed by atoms with van der Waals surface area (Å²) in [6, 6.07) is 4.16. The zero-order chi connectivity index (χ0) is 21.3. The molecule has 0 aliphatic rings. The van der Waals surface area contributed by atoms with E-state index in [-0.39, 0.29) is 23.1 Å². The first-order valence-electron chi connectivity index (χ1n) is 8.01. The highest BCUT2D eigenvalue weighted by molar-refractivity contribution is 5.84. The van der Waals surface area contributed by atoms with Crippen LogP contribution in [0.2, 0.25) is 0 Å². The van der Waals surface area contributed by atoms with E-state index < -0.39 is 46.5 Å². The van der Waals surface area contributed by atoms with Gasteiger partial charge >= 0.3 is 6.11 Å². The number of benzene rings is 3. The van der Waals surface area contributed by atoms with Crippen molar-refractivity contribution in [1.29, 1.82) is 0 Å². The second-order valence-electron chi connectivity index (χ2n) is 5.85. The molecule has 0 saturated carbocycles. The minimum atomic E-state index is -4.48. The molecule has 0 fully saturated rings. The number of alkyl halides is 2. The SMILES string of the molecule is C=CCOc1cc(F)c(C(F)(F)Oc2ccc3c(F)c(F)c(F)cc3c2)c(F)c1. The second kappa shape index (κ2) is 7.65. The standard InChI is InChI=1S/C20H11F7O2/c1-2-5-28-12-8-14(21)17(15(22)9-12)20(26,27)29-11-3-4-13-10(6-11)7-16(23)19(25)18(13)24/h2-4,6-9H,1,5H2. The van der Waals surface area contributed by atoms with E-state index in [2.05, 4.69) is 11.3 Å². The van der Waals surface area contributed by atoms with Crippen LogP contribution in [0.4, 0.5) is 30.7 Å². The number of hydrogen-bond donors (Lipinski definition) is 0. The third-order valence-corrected chi connectivity index (χ3v) is 3.86. The molecule has 0 N–H and O–H groups in total. The third kappa shape index (κ3) is 3.98. The fourth-order valence-corrected chi connectivity index (χ4v) is 2.61. The van der Waals surface area contributed by atoms with Gasteiger partial charge in [0.25, 0.3) is 0 Å². The van der Waals surface area contributed by atoms with E-state index in [0.29, 0.717) is 18.2 Å². The second-order valence-corrected chi connectivity index (χ2v) is 5.85. The molecule has 3 aromatic carbocycles. The summed E-state index contributed by atoms with van der Waals surface area (Å²) in [6.07, 6.45) is -3.19. The Balaban J connectivity index is 1.97. The van der Waals surface area contributed by atoms with E-state index in [4.69, 9.17) is 4.74 Å². The normalized spacial score (nSPS) is 11.6. The molecule has 2 nitrogen and oxygen atoms in total. The summed E-state index contributed by atoms with van der Waals surface area (Å²) in [4.78, 5) is 0. The Morgan fingerprint density at radius 1 is 0.828 bits per heavy atom. The summed E-state index contributed by atoms with van der Waals surface area (Å²) in [5.41, 5.74) is -1.68. The van der Waals surface area contributed by atoms with Crippen molar-refractivity contribution in [2.45, 2.75) is 6.11 Å². The molecule has 0 amide bonds. The van der Waals surface area contributed by atoms with Crippen molar-refractivity contribution in [2.75, 3.05) is 6.61 Å². The van der Waals surface area contributed by atoms with Gasteiger partial charge in [-0.1, -0.05) is 12.7 Å². The summed E-state index contributed by atoms with van der Waals surface area (Å²) in [5, 5.41) is -0.676. The third-order valence-electron chi connectivity index (χ3n) is 3.86. The smallest absolute Gasteiger partial charge is 0.432 e. The van der Waals surface area contributed by atoms with E-state index in [9.17, 15) is 30.7 Å². The molecule has 0 aliphatic heterocycles. The molecule has 0 aromatic heterocycles. The molecule has 0 radical (unpaired) electrons. The van der Waals surface area contributed by atoms with Gasteiger partial charge in [0, 0.05) is 17.5 Å². The first-order chi connectivity index (χ1) is 13.6. The molecular weight excluding hydrogens is 405 g/mol. The fraction of sp³-hybridized carbons (Fsp3) is 0.100. The van der Waals surface area contributed by atoms with Crippen molar-refractivity contribution in [3.8, 4) is 11.5 Å². The van der Waals surface area contributed by atoms with Crippen LogP contribution in [0.5, 0.6) is 11.5 Å². The summed E-state index contributed by atoms with van der Waals surface area (Å²) in [5.74, 6) is -9.02. The predicted octanol–water partition coefficient (Wildman–Crippen LogP) is 6.23. The number of hydrogen-bond acceptors (Lipinski definition) is 2. The van der Waals surface area contributed by atoms with Crippen LogP contribution in [-0.2, 0) is 6.11 Å². The van der Waals surface area contributed by atoms with Gasteiger partial charge in [0.15, 0.2) is 17.5 Å². The van der Waals surface area contributed by atoms with Gasteiger partial charge in [0.1, 0.15) is 35.3 Å². The van der Waals surface area contributed by atoms with Crippen molar-refractivity contribution in [3.63, 3.8) is 0 Å². The van der Waals surface area contributed by atoms with Crippen LogP contribution in [0.1, 0.15) is 5.56 Å². The Hall–Kier alpha value is -3.23. The van der Waals surface area contributed by atoms with E-state index in [1.165, 1.54) is 6.08 Å². The van der Waals surface area contributed by atoms with Crippen LogP contribution in [0, 0.1) is 29.1 Å².